The average Bonchev–Trinajstić information content (AvgIpc) is 2.74. The van der Waals surface area contributed by atoms with Gasteiger partial charge in [0, 0.05) is 4.91 Å². The van der Waals surface area contributed by atoms with E-state index < -0.39 is 5.24 Å². The molecule has 0 bridgehead atoms. The van der Waals surface area contributed by atoms with E-state index in [2.05, 4.69) is 97.6 Å². The molecule has 4 aromatic rings. The Hall–Kier alpha value is -2.12. The lowest BCUT2D eigenvalue weighted by Gasteiger charge is -2.23. The van der Waals surface area contributed by atoms with Gasteiger partial charge >= 0.3 is 0 Å². The molecule has 0 N–H and O–H groups in total. The van der Waals surface area contributed by atoms with E-state index >= 15 is 0 Å². The molecule has 0 saturated carbocycles. The molecule has 4 rings (SSSR count). The van der Waals surface area contributed by atoms with Gasteiger partial charge in [-0.15, -0.1) is 0 Å². The maximum Gasteiger partial charge on any atom is 0.0659 e. The summed E-state index contributed by atoms with van der Waals surface area (Å²) in [5.41, 5.74) is 1.14. The van der Waals surface area contributed by atoms with E-state index in [4.69, 9.17) is 11.8 Å². The monoisotopic (exact) mass is 402 g/mol. The van der Waals surface area contributed by atoms with Gasteiger partial charge in [0.15, 0.2) is 0 Å². The maximum atomic E-state index is 6.32. The molecule has 0 spiro atoms. The molecular formula is C24H19PS2. The molecule has 0 nitrogen and oxygen atoms in total. The highest BCUT2D eigenvalue weighted by molar-refractivity contribution is 8.78. The van der Waals surface area contributed by atoms with E-state index in [0.717, 1.165) is 10.5 Å². The van der Waals surface area contributed by atoms with E-state index in [9.17, 15) is 0 Å². The minimum Gasteiger partial charge on any atom is -0.0844 e. The number of benzene rings is 4. The van der Waals surface area contributed by atoms with Gasteiger partial charge in [-0.3, -0.25) is 0 Å². The van der Waals surface area contributed by atoms with E-state index in [1.165, 1.54) is 21.4 Å². The summed E-state index contributed by atoms with van der Waals surface area (Å²) in [6, 6.07) is 35.9. The summed E-state index contributed by atoms with van der Waals surface area (Å²) >= 11 is 8.07. The molecule has 27 heavy (non-hydrogen) atoms. The predicted octanol–water partition coefficient (Wildman–Crippen LogP) is 6.59. The zero-order valence-electron chi connectivity index (χ0n) is 14.8. The number of hydrogen-bond acceptors (Lipinski definition) is 2. The topological polar surface area (TPSA) is 0 Å². The summed E-state index contributed by atoms with van der Waals surface area (Å²) < 4.78 is 0. The Balaban J connectivity index is 1.75. The Kier molecular flexibility index (Phi) is 5.31. The standard InChI is InChI=1S/C24H19PS2/c1-19(21-17-16-20-10-8-9-11-22(20)18-21)27-25(26,23-12-4-2-5-13-23)24-14-6-3-7-15-24/h2-18H,1H2. The van der Waals surface area contributed by atoms with Gasteiger partial charge in [-0.2, -0.15) is 0 Å². The quantitative estimate of drug-likeness (QED) is 0.345. The Morgan fingerprint density at radius 2 is 1.19 bits per heavy atom. The third-order valence-electron chi connectivity index (χ3n) is 4.50. The highest BCUT2D eigenvalue weighted by Gasteiger charge is 2.24. The van der Waals surface area contributed by atoms with Crippen molar-refractivity contribution >= 4 is 54.7 Å². The van der Waals surface area contributed by atoms with Crippen molar-refractivity contribution in [2.24, 2.45) is 0 Å². The van der Waals surface area contributed by atoms with E-state index in [1.54, 1.807) is 11.4 Å². The highest BCUT2D eigenvalue weighted by Crippen LogP contribution is 2.61. The van der Waals surface area contributed by atoms with Crippen LogP contribution in [-0.2, 0) is 11.8 Å². The van der Waals surface area contributed by atoms with Gasteiger partial charge in [0.05, 0.1) is 5.24 Å². The van der Waals surface area contributed by atoms with E-state index in [0.29, 0.717) is 0 Å². The lowest BCUT2D eigenvalue weighted by molar-refractivity contribution is 1.70. The summed E-state index contributed by atoms with van der Waals surface area (Å²) in [7, 11) is 0. The minimum atomic E-state index is -2.06. The van der Waals surface area contributed by atoms with Crippen molar-refractivity contribution in [3.63, 3.8) is 0 Å². The van der Waals surface area contributed by atoms with Crippen molar-refractivity contribution in [2.75, 3.05) is 0 Å². The van der Waals surface area contributed by atoms with Crippen LogP contribution >= 0.6 is 16.6 Å². The second kappa shape index (κ2) is 7.86. The molecule has 3 heteroatoms. The summed E-state index contributed by atoms with van der Waals surface area (Å²) in [6.07, 6.45) is 0. The molecular weight excluding hydrogens is 383 g/mol. The summed E-state index contributed by atoms with van der Waals surface area (Å²) in [5, 5.41) is 2.82. The second-order valence-electron chi connectivity index (χ2n) is 6.30. The fraction of sp³-hybridized carbons (Fsp3) is 0. The van der Waals surface area contributed by atoms with Gasteiger partial charge in [0.2, 0.25) is 0 Å². The van der Waals surface area contributed by atoms with Crippen molar-refractivity contribution in [1.82, 2.24) is 0 Å². The lowest BCUT2D eigenvalue weighted by atomic mass is 10.1. The SMILES string of the molecule is C=C(SP(=S)(c1ccccc1)c1ccccc1)c1ccc2ccccc2c1. The second-order valence-corrected chi connectivity index (χ2v) is 13.6. The van der Waals surface area contributed by atoms with Crippen molar-refractivity contribution in [1.29, 1.82) is 0 Å². The van der Waals surface area contributed by atoms with Crippen LogP contribution in [0.2, 0.25) is 0 Å². The molecule has 4 aromatic carbocycles. The maximum absolute atomic E-state index is 6.32. The molecule has 0 aromatic heterocycles. The van der Waals surface area contributed by atoms with Crippen LogP contribution in [0.5, 0.6) is 0 Å². The molecule has 0 fully saturated rings. The average molecular weight is 403 g/mol. The van der Waals surface area contributed by atoms with Gasteiger partial charge in [-0.1, -0.05) is 127 Å². The smallest absolute Gasteiger partial charge is 0.0659 e. The van der Waals surface area contributed by atoms with Crippen LogP contribution in [0.3, 0.4) is 0 Å². The fourth-order valence-corrected chi connectivity index (χ4v) is 9.40. The molecule has 0 heterocycles. The Morgan fingerprint density at radius 3 is 1.78 bits per heavy atom. The van der Waals surface area contributed by atoms with Crippen molar-refractivity contribution < 1.29 is 0 Å². The Labute approximate surface area is 169 Å². The third-order valence-corrected chi connectivity index (χ3v) is 11.8. The first-order valence-electron chi connectivity index (χ1n) is 8.76. The largest absolute Gasteiger partial charge is 0.0844 e. The summed E-state index contributed by atoms with van der Waals surface area (Å²) in [6.45, 7) is 4.39. The van der Waals surface area contributed by atoms with Crippen molar-refractivity contribution in [3.05, 3.63) is 115 Å². The molecule has 132 valence electrons. The summed E-state index contributed by atoms with van der Waals surface area (Å²) in [5.74, 6) is 0. The molecule has 0 unspecified atom stereocenters. The number of fused-ring (bicyclic) bond motifs is 1. The Bertz CT molecular complexity index is 1090. The highest BCUT2D eigenvalue weighted by atomic mass is 32.9. The van der Waals surface area contributed by atoms with Gasteiger partial charge in [0.25, 0.3) is 0 Å². The molecule has 0 amide bonds. The molecule has 0 aliphatic rings. The predicted molar refractivity (Wildman–Crippen MR) is 127 cm³/mol. The van der Waals surface area contributed by atoms with Gasteiger partial charge in [-0.25, -0.2) is 0 Å². The van der Waals surface area contributed by atoms with Crippen LogP contribution in [0.4, 0.5) is 0 Å². The lowest BCUT2D eigenvalue weighted by Crippen LogP contribution is -2.12. The summed E-state index contributed by atoms with van der Waals surface area (Å²) in [4.78, 5) is 1.02. The van der Waals surface area contributed by atoms with E-state index in [-0.39, 0.29) is 0 Å². The molecule has 0 saturated heterocycles. The zero-order chi connectivity index (χ0) is 18.7. The minimum absolute atomic E-state index is 1.02. The third kappa shape index (κ3) is 3.80. The molecule has 0 radical (unpaired) electrons. The fourth-order valence-electron chi connectivity index (χ4n) is 3.07. The van der Waals surface area contributed by atoms with Crippen LogP contribution in [0.1, 0.15) is 5.56 Å². The van der Waals surface area contributed by atoms with Crippen molar-refractivity contribution in [2.45, 2.75) is 0 Å². The van der Waals surface area contributed by atoms with Crippen molar-refractivity contribution in [3.8, 4) is 0 Å². The van der Waals surface area contributed by atoms with Gasteiger partial charge in [-0.05, 0) is 33.0 Å². The number of hydrogen-bond donors (Lipinski definition) is 0. The van der Waals surface area contributed by atoms with Crippen LogP contribution in [0.15, 0.2) is 110 Å². The Morgan fingerprint density at radius 1 is 0.667 bits per heavy atom. The normalized spacial score (nSPS) is 11.4. The van der Waals surface area contributed by atoms with Gasteiger partial charge in [0.1, 0.15) is 0 Å². The van der Waals surface area contributed by atoms with Crippen LogP contribution < -0.4 is 10.6 Å². The van der Waals surface area contributed by atoms with Crippen LogP contribution in [0, 0.1) is 0 Å². The molecule has 0 atom stereocenters. The first-order valence-corrected chi connectivity index (χ1v) is 13.0. The first kappa shape index (κ1) is 18.3. The number of rotatable bonds is 5. The van der Waals surface area contributed by atoms with Gasteiger partial charge < -0.3 is 0 Å². The van der Waals surface area contributed by atoms with Crippen LogP contribution in [0.25, 0.3) is 15.7 Å². The first-order chi connectivity index (χ1) is 13.2. The molecule has 0 aliphatic carbocycles. The van der Waals surface area contributed by atoms with Crippen LogP contribution in [-0.4, -0.2) is 0 Å². The van der Waals surface area contributed by atoms with E-state index in [1.807, 2.05) is 12.1 Å². The zero-order valence-corrected chi connectivity index (χ0v) is 17.3. The molecule has 0 aliphatic heterocycles.